The van der Waals surface area contributed by atoms with E-state index < -0.39 is 11.5 Å². The van der Waals surface area contributed by atoms with Gasteiger partial charge in [-0.15, -0.1) is 0 Å². The molecule has 2 heterocycles. The number of aromatic amines is 1. The molecule has 8 heteroatoms. The van der Waals surface area contributed by atoms with E-state index in [1.54, 1.807) is 14.0 Å². The van der Waals surface area contributed by atoms with Gasteiger partial charge in [0.05, 0.1) is 6.54 Å². The number of urea groups is 1. The van der Waals surface area contributed by atoms with E-state index in [-0.39, 0.29) is 12.6 Å². The van der Waals surface area contributed by atoms with Gasteiger partial charge in [0.2, 0.25) is 0 Å². The van der Waals surface area contributed by atoms with Gasteiger partial charge in [-0.25, -0.2) is 14.6 Å². The van der Waals surface area contributed by atoms with Crippen molar-refractivity contribution in [2.45, 2.75) is 38.3 Å². The second kappa shape index (κ2) is 5.48. The van der Waals surface area contributed by atoms with Crippen LogP contribution in [0, 0.1) is 0 Å². The Labute approximate surface area is 116 Å². The molecule has 0 aromatic carbocycles. The van der Waals surface area contributed by atoms with Crippen molar-refractivity contribution in [3.8, 4) is 0 Å². The van der Waals surface area contributed by atoms with Crippen LogP contribution in [0.5, 0.6) is 0 Å². The highest BCUT2D eigenvalue weighted by Gasteiger charge is 2.44. The van der Waals surface area contributed by atoms with Crippen molar-refractivity contribution < 1.29 is 14.7 Å². The predicted octanol–water partition coefficient (Wildman–Crippen LogP) is 0.686. The number of amides is 2. The summed E-state index contributed by atoms with van der Waals surface area (Å²) in [7, 11) is 1.63. The van der Waals surface area contributed by atoms with Gasteiger partial charge in [0.15, 0.2) is 0 Å². The average molecular weight is 281 g/mol. The highest BCUT2D eigenvalue weighted by Crippen LogP contribution is 2.29. The molecule has 0 aliphatic carbocycles. The van der Waals surface area contributed by atoms with Gasteiger partial charge in [-0.2, -0.15) is 5.10 Å². The van der Waals surface area contributed by atoms with Crippen LogP contribution in [0.4, 0.5) is 4.79 Å². The summed E-state index contributed by atoms with van der Waals surface area (Å²) < 4.78 is 0. The molecule has 1 aliphatic heterocycles. The molecule has 20 heavy (non-hydrogen) atoms. The van der Waals surface area contributed by atoms with Crippen molar-refractivity contribution in [1.29, 1.82) is 0 Å². The van der Waals surface area contributed by atoms with Crippen LogP contribution in [-0.2, 0) is 11.3 Å². The third kappa shape index (κ3) is 2.59. The summed E-state index contributed by atoms with van der Waals surface area (Å²) in [4.78, 5) is 30.8. The monoisotopic (exact) mass is 281 g/mol. The van der Waals surface area contributed by atoms with Crippen LogP contribution in [0.3, 0.4) is 0 Å². The summed E-state index contributed by atoms with van der Waals surface area (Å²) in [6.07, 6.45) is 3.49. The molecule has 8 nitrogen and oxygen atoms in total. The van der Waals surface area contributed by atoms with Gasteiger partial charge in [-0.1, -0.05) is 0 Å². The molecule has 110 valence electrons. The van der Waals surface area contributed by atoms with Crippen LogP contribution in [0.1, 0.15) is 32.0 Å². The van der Waals surface area contributed by atoms with E-state index in [0.717, 1.165) is 12.8 Å². The Morgan fingerprint density at radius 3 is 2.90 bits per heavy atom. The molecule has 2 rings (SSSR count). The van der Waals surface area contributed by atoms with Gasteiger partial charge >= 0.3 is 12.0 Å². The van der Waals surface area contributed by atoms with Crippen molar-refractivity contribution in [3.63, 3.8) is 0 Å². The maximum absolute atomic E-state index is 12.5. The van der Waals surface area contributed by atoms with Crippen LogP contribution in [0.25, 0.3) is 0 Å². The Morgan fingerprint density at radius 1 is 1.55 bits per heavy atom. The SMILES string of the molecule is CN(Cc1ncn[nH]1)C(=O)N1CCCCC1(C)C(=O)O. The molecule has 2 N–H and O–H groups in total. The Balaban J connectivity index is 2.11. The zero-order valence-electron chi connectivity index (χ0n) is 11.7. The zero-order chi connectivity index (χ0) is 14.8. The van der Waals surface area contributed by atoms with E-state index in [9.17, 15) is 14.7 Å². The minimum Gasteiger partial charge on any atom is -0.480 e. The molecule has 0 radical (unpaired) electrons. The maximum Gasteiger partial charge on any atom is 0.329 e. The number of nitrogens with zero attached hydrogens (tertiary/aromatic N) is 4. The van der Waals surface area contributed by atoms with Gasteiger partial charge in [0, 0.05) is 13.6 Å². The van der Waals surface area contributed by atoms with E-state index in [4.69, 9.17) is 0 Å². The minimum atomic E-state index is -1.13. The van der Waals surface area contributed by atoms with E-state index in [1.807, 2.05) is 0 Å². The lowest BCUT2D eigenvalue weighted by Gasteiger charge is -2.43. The van der Waals surface area contributed by atoms with Crippen LogP contribution in [0.2, 0.25) is 0 Å². The first-order chi connectivity index (χ1) is 9.45. The highest BCUT2D eigenvalue weighted by atomic mass is 16.4. The van der Waals surface area contributed by atoms with Crippen LogP contribution in [-0.4, -0.2) is 61.2 Å². The first-order valence-corrected chi connectivity index (χ1v) is 6.55. The Bertz CT molecular complexity index is 489. The number of likely N-dealkylation sites (tertiary alicyclic amines) is 1. The summed E-state index contributed by atoms with van der Waals surface area (Å²) in [5.41, 5.74) is -1.13. The molecular formula is C12H19N5O3. The van der Waals surface area contributed by atoms with Crippen molar-refractivity contribution in [1.82, 2.24) is 25.0 Å². The molecule has 1 saturated heterocycles. The number of carboxylic acid groups (broad SMARTS) is 1. The lowest BCUT2D eigenvalue weighted by Crippen LogP contribution is -2.60. The third-order valence-corrected chi connectivity index (χ3v) is 3.76. The molecule has 1 atom stereocenters. The van der Waals surface area contributed by atoms with E-state index in [1.165, 1.54) is 16.1 Å². The van der Waals surface area contributed by atoms with Crippen LogP contribution in [0.15, 0.2) is 6.33 Å². The fourth-order valence-electron chi connectivity index (χ4n) is 2.46. The lowest BCUT2D eigenvalue weighted by atomic mass is 9.89. The number of hydrogen-bond donors (Lipinski definition) is 2. The fraction of sp³-hybridized carbons (Fsp3) is 0.667. The number of hydrogen-bond acceptors (Lipinski definition) is 4. The third-order valence-electron chi connectivity index (χ3n) is 3.76. The van der Waals surface area contributed by atoms with Gasteiger partial charge in [0.25, 0.3) is 0 Å². The standard InChI is InChI=1S/C12H19N5O3/c1-12(10(18)19)5-3-4-6-17(12)11(20)16(2)7-9-13-8-14-15-9/h8H,3-7H2,1-2H3,(H,18,19)(H,13,14,15). The number of carboxylic acids is 1. The quantitative estimate of drug-likeness (QED) is 0.848. The van der Waals surface area contributed by atoms with Gasteiger partial charge in [0.1, 0.15) is 17.7 Å². The maximum atomic E-state index is 12.5. The lowest BCUT2D eigenvalue weighted by molar-refractivity contribution is -0.150. The Morgan fingerprint density at radius 2 is 2.30 bits per heavy atom. The average Bonchev–Trinajstić information content (AvgIpc) is 2.91. The number of carbonyl (C=O) groups excluding carboxylic acids is 1. The topological polar surface area (TPSA) is 102 Å². The number of H-pyrrole nitrogens is 1. The van der Waals surface area contributed by atoms with E-state index >= 15 is 0 Å². The fourth-order valence-corrected chi connectivity index (χ4v) is 2.46. The van der Waals surface area contributed by atoms with Crippen molar-refractivity contribution in [3.05, 3.63) is 12.2 Å². The van der Waals surface area contributed by atoms with E-state index in [0.29, 0.717) is 18.8 Å². The van der Waals surface area contributed by atoms with Crippen molar-refractivity contribution in [2.75, 3.05) is 13.6 Å². The van der Waals surface area contributed by atoms with Crippen LogP contribution < -0.4 is 0 Å². The second-order valence-corrected chi connectivity index (χ2v) is 5.26. The molecular weight excluding hydrogens is 262 g/mol. The minimum absolute atomic E-state index is 0.269. The summed E-state index contributed by atoms with van der Waals surface area (Å²) >= 11 is 0. The predicted molar refractivity (Wildman–Crippen MR) is 69.8 cm³/mol. The summed E-state index contributed by atoms with van der Waals surface area (Å²) in [5, 5.41) is 15.8. The highest BCUT2D eigenvalue weighted by molar-refractivity contribution is 5.86. The molecule has 1 aromatic rings. The molecule has 1 aliphatic rings. The molecule has 2 amide bonds. The molecule has 0 bridgehead atoms. The number of piperidine rings is 1. The first-order valence-electron chi connectivity index (χ1n) is 6.55. The normalized spacial score (nSPS) is 22.6. The zero-order valence-corrected chi connectivity index (χ0v) is 11.7. The van der Waals surface area contributed by atoms with Crippen LogP contribution >= 0.6 is 0 Å². The number of carbonyl (C=O) groups is 2. The summed E-state index contributed by atoms with van der Waals surface area (Å²) in [6, 6.07) is -0.300. The Hall–Kier alpha value is -2.12. The van der Waals surface area contributed by atoms with Crippen molar-refractivity contribution in [2.24, 2.45) is 0 Å². The second-order valence-electron chi connectivity index (χ2n) is 5.26. The van der Waals surface area contributed by atoms with Crippen molar-refractivity contribution >= 4 is 12.0 Å². The number of nitrogens with one attached hydrogen (secondary N) is 1. The smallest absolute Gasteiger partial charge is 0.329 e. The van der Waals surface area contributed by atoms with Gasteiger partial charge in [-0.05, 0) is 26.2 Å². The molecule has 0 spiro atoms. The molecule has 1 fully saturated rings. The summed E-state index contributed by atoms with van der Waals surface area (Å²) in [6.45, 7) is 2.34. The number of rotatable bonds is 3. The summed E-state index contributed by atoms with van der Waals surface area (Å²) in [5.74, 6) is -0.395. The first kappa shape index (κ1) is 14.3. The molecule has 1 unspecified atom stereocenters. The van der Waals surface area contributed by atoms with E-state index in [2.05, 4.69) is 15.2 Å². The van der Waals surface area contributed by atoms with Gasteiger partial charge < -0.3 is 14.9 Å². The molecule has 1 aromatic heterocycles. The number of aromatic nitrogens is 3. The largest absolute Gasteiger partial charge is 0.480 e. The van der Waals surface area contributed by atoms with Gasteiger partial charge in [-0.3, -0.25) is 5.10 Å². The molecule has 0 saturated carbocycles. The Kier molecular flexibility index (Phi) is 3.91. The number of aliphatic carboxylic acids is 1.